The predicted molar refractivity (Wildman–Crippen MR) is 117 cm³/mol. The molecule has 0 aliphatic heterocycles. The van der Waals surface area contributed by atoms with Crippen LogP contribution in [0.3, 0.4) is 0 Å². The van der Waals surface area contributed by atoms with Gasteiger partial charge in [-0.2, -0.15) is 4.98 Å². The summed E-state index contributed by atoms with van der Waals surface area (Å²) in [5, 5.41) is 4.75. The van der Waals surface area contributed by atoms with Crippen LogP contribution in [0.4, 0.5) is 5.82 Å². The lowest BCUT2D eigenvalue weighted by Gasteiger charge is -2.19. The van der Waals surface area contributed by atoms with Gasteiger partial charge in [0.1, 0.15) is 23.2 Å². The molecule has 7 heteroatoms. The largest absolute Gasteiger partial charge is 0.363 e. The van der Waals surface area contributed by atoms with Crippen LogP contribution < -0.4 is 10.9 Å². The molecule has 0 saturated heterocycles. The van der Waals surface area contributed by atoms with Crippen molar-refractivity contribution in [1.82, 2.24) is 24.9 Å². The zero-order valence-corrected chi connectivity index (χ0v) is 16.2. The van der Waals surface area contributed by atoms with Gasteiger partial charge in [-0.15, -0.1) is 0 Å². The summed E-state index contributed by atoms with van der Waals surface area (Å²) in [5.74, 6) is 0.439. The van der Waals surface area contributed by atoms with E-state index in [9.17, 15) is 4.79 Å². The number of aromatic amines is 1. The number of para-hydroxylation sites is 1. The maximum Gasteiger partial charge on any atom is 0.285 e. The van der Waals surface area contributed by atoms with Crippen LogP contribution in [-0.2, 0) is 0 Å². The quantitative estimate of drug-likeness (QED) is 0.476. The second-order valence-corrected chi connectivity index (χ2v) is 7.00. The molecule has 0 amide bonds. The maximum atomic E-state index is 12.3. The molecule has 0 saturated carbocycles. The van der Waals surface area contributed by atoms with E-state index in [1.807, 2.05) is 61.5 Å². The van der Waals surface area contributed by atoms with Crippen molar-refractivity contribution in [2.45, 2.75) is 13.0 Å². The average Bonchev–Trinajstić information content (AvgIpc) is 2.79. The number of hydrogen-bond donors (Lipinski definition) is 2. The highest BCUT2D eigenvalue weighted by Crippen LogP contribution is 2.31. The number of fused-ring (bicyclic) bond motifs is 2. The molecule has 5 aromatic rings. The fourth-order valence-electron chi connectivity index (χ4n) is 3.60. The zero-order valence-electron chi connectivity index (χ0n) is 16.2. The summed E-state index contributed by atoms with van der Waals surface area (Å²) in [5.41, 5.74) is 3.92. The van der Waals surface area contributed by atoms with Gasteiger partial charge in [-0.25, -0.2) is 15.0 Å². The van der Waals surface area contributed by atoms with Crippen LogP contribution in [0.5, 0.6) is 0 Å². The summed E-state index contributed by atoms with van der Waals surface area (Å²) in [6.45, 7) is 2.02. The van der Waals surface area contributed by atoms with Crippen molar-refractivity contribution in [2.24, 2.45) is 0 Å². The Bertz CT molecular complexity index is 1410. The Morgan fingerprint density at radius 2 is 1.77 bits per heavy atom. The molecule has 2 aromatic carbocycles. The first-order valence-corrected chi connectivity index (χ1v) is 9.61. The van der Waals surface area contributed by atoms with Crippen LogP contribution in [0.1, 0.15) is 18.5 Å². The fourth-order valence-corrected chi connectivity index (χ4v) is 3.60. The number of hydrogen-bond acceptors (Lipinski definition) is 6. The minimum Gasteiger partial charge on any atom is -0.363 e. The van der Waals surface area contributed by atoms with Crippen LogP contribution in [-0.4, -0.2) is 24.9 Å². The van der Waals surface area contributed by atoms with Crippen molar-refractivity contribution < 1.29 is 0 Å². The van der Waals surface area contributed by atoms with Crippen LogP contribution in [0.15, 0.2) is 78.1 Å². The SMILES string of the molecule is CC(Nc1ncnc2[nH]cnc(=O)c12)c1cc2ccccc2nc1-c1ccccc1. The molecule has 3 aromatic heterocycles. The van der Waals surface area contributed by atoms with Crippen molar-refractivity contribution in [3.63, 3.8) is 0 Å². The van der Waals surface area contributed by atoms with Crippen LogP contribution in [0.2, 0.25) is 0 Å². The number of rotatable bonds is 4. The van der Waals surface area contributed by atoms with Gasteiger partial charge in [0.25, 0.3) is 5.56 Å². The number of anilines is 1. The van der Waals surface area contributed by atoms with Gasteiger partial charge >= 0.3 is 0 Å². The van der Waals surface area contributed by atoms with Gasteiger partial charge in [0.2, 0.25) is 0 Å². The van der Waals surface area contributed by atoms with Crippen LogP contribution >= 0.6 is 0 Å². The van der Waals surface area contributed by atoms with Gasteiger partial charge in [0.15, 0.2) is 0 Å². The van der Waals surface area contributed by atoms with Crippen LogP contribution in [0, 0.1) is 0 Å². The van der Waals surface area contributed by atoms with Gasteiger partial charge in [-0.05, 0) is 19.1 Å². The van der Waals surface area contributed by atoms with Crippen molar-refractivity contribution in [3.05, 3.63) is 89.2 Å². The predicted octanol–water partition coefficient (Wildman–Crippen LogP) is 4.10. The van der Waals surface area contributed by atoms with E-state index in [1.165, 1.54) is 12.7 Å². The Kier molecular flexibility index (Phi) is 4.40. The second kappa shape index (κ2) is 7.36. The second-order valence-electron chi connectivity index (χ2n) is 7.00. The number of aromatic nitrogens is 5. The molecule has 0 fully saturated rings. The van der Waals surface area contributed by atoms with E-state index in [4.69, 9.17) is 4.98 Å². The van der Waals surface area contributed by atoms with Crippen LogP contribution in [0.25, 0.3) is 33.2 Å². The smallest absolute Gasteiger partial charge is 0.285 e. The van der Waals surface area contributed by atoms with Gasteiger partial charge in [-0.1, -0.05) is 48.5 Å². The minimum atomic E-state index is -0.376. The molecular weight excluding hydrogens is 376 g/mol. The molecular formula is C23H18N6O. The summed E-state index contributed by atoms with van der Waals surface area (Å²) in [6, 6.07) is 20.1. The standard InChI is InChI=1S/C23H18N6O/c1-14(28-22-19-21(24-12-26-22)25-13-27-23(19)30)17-11-16-9-5-6-10-18(16)29-20(17)15-7-3-2-4-8-15/h2-14H,1H3,(H2,24,25,26,27,28,30). The third-order valence-electron chi connectivity index (χ3n) is 5.06. The molecule has 0 aliphatic carbocycles. The number of H-pyrrole nitrogens is 1. The Hall–Kier alpha value is -4.13. The molecule has 5 rings (SSSR count). The molecule has 146 valence electrons. The van der Waals surface area contributed by atoms with Gasteiger partial charge in [0.05, 0.1) is 23.6 Å². The molecule has 0 bridgehead atoms. The summed E-state index contributed by atoms with van der Waals surface area (Å²) in [7, 11) is 0. The molecule has 30 heavy (non-hydrogen) atoms. The summed E-state index contributed by atoms with van der Waals surface area (Å²) >= 11 is 0. The summed E-state index contributed by atoms with van der Waals surface area (Å²) in [4.78, 5) is 32.4. The topological polar surface area (TPSA) is 96.5 Å². The number of nitrogens with one attached hydrogen (secondary N) is 2. The lowest BCUT2D eigenvalue weighted by molar-refractivity contribution is 0.873. The molecule has 0 radical (unpaired) electrons. The Morgan fingerprint density at radius 3 is 2.63 bits per heavy atom. The Labute approximate surface area is 171 Å². The van der Waals surface area contributed by atoms with Crippen molar-refractivity contribution in [3.8, 4) is 11.3 Å². The lowest BCUT2D eigenvalue weighted by Crippen LogP contribution is -2.15. The molecule has 3 heterocycles. The van der Waals surface area contributed by atoms with E-state index in [-0.39, 0.29) is 11.6 Å². The van der Waals surface area contributed by atoms with Crippen molar-refractivity contribution in [1.29, 1.82) is 0 Å². The Morgan fingerprint density at radius 1 is 0.967 bits per heavy atom. The van der Waals surface area contributed by atoms with Crippen molar-refractivity contribution in [2.75, 3.05) is 5.32 Å². The lowest BCUT2D eigenvalue weighted by atomic mass is 9.98. The highest BCUT2D eigenvalue weighted by atomic mass is 16.1. The van der Waals surface area contributed by atoms with Crippen molar-refractivity contribution >= 4 is 27.8 Å². The average molecular weight is 394 g/mol. The first-order chi connectivity index (χ1) is 14.7. The molecule has 2 N–H and O–H groups in total. The molecule has 7 nitrogen and oxygen atoms in total. The molecule has 1 unspecified atom stereocenters. The molecule has 0 spiro atoms. The van der Waals surface area contributed by atoms with Gasteiger partial charge in [-0.3, -0.25) is 4.79 Å². The normalized spacial score (nSPS) is 12.2. The number of benzene rings is 2. The van der Waals surface area contributed by atoms with E-state index >= 15 is 0 Å². The van der Waals surface area contributed by atoms with Gasteiger partial charge < -0.3 is 10.3 Å². The zero-order chi connectivity index (χ0) is 20.5. The van der Waals surface area contributed by atoms with E-state index in [0.717, 1.165) is 27.7 Å². The minimum absolute atomic E-state index is 0.171. The monoisotopic (exact) mass is 394 g/mol. The van der Waals surface area contributed by atoms with E-state index in [0.29, 0.717) is 16.9 Å². The first-order valence-electron chi connectivity index (χ1n) is 9.61. The summed E-state index contributed by atoms with van der Waals surface area (Å²) in [6.07, 6.45) is 2.76. The highest BCUT2D eigenvalue weighted by molar-refractivity contribution is 5.86. The number of pyridine rings is 1. The molecule has 1 atom stereocenters. The van der Waals surface area contributed by atoms with E-state index in [1.54, 1.807) is 0 Å². The van der Waals surface area contributed by atoms with E-state index in [2.05, 4.69) is 31.3 Å². The van der Waals surface area contributed by atoms with Gasteiger partial charge in [0, 0.05) is 16.5 Å². The maximum absolute atomic E-state index is 12.3. The first kappa shape index (κ1) is 17.9. The third-order valence-corrected chi connectivity index (χ3v) is 5.06. The molecule has 0 aliphatic rings. The van der Waals surface area contributed by atoms with E-state index < -0.39 is 0 Å². The fraction of sp³-hybridized carbons (Fsp3) is 0.0870. The number of nitrogens with zero attached hydrogens (tertiary/aromatic N) is 4. The Balaban J connectivity index is 1.65. The summed E-state index contributed by atoms with van der Waals surface area (Å²) < 4.78 is 0. The highest BCUT2D eigenvalue weighted by Gasteiger charge is 2.18. The third kappa shape index (κ3) is 3.16.